The first-order valence-electron chi connectivity index (χ1n) is 12.0. The molecule has 1 fully saturated rings. The van der Waals surface area contributed by atoms with Crippen LogP contribution in [0.2, 0.25) is 0 Å². The monoisotopic (exact) mass is 541 g/mol. The maximum Gasteiger partial charge on any atom is 0.416 e. The molecule has 5 rings (SSSR count). The van der Waals surface area contributed by atoms with Gasteiger partial charge in [-0.25, -0.2) is 8.42 Å². The smallest absolute Gasteiger partial charge is 0.338 e. The van der Waals surface area contributed by atoms with E-state index in [2.05, 4.69) is 20.4 Å². The minimum atomic E-state index is -4.47. The summed E-state index contributed by atoms with van der Waals surface area (Å²) in [5.74, 6) is 0.293. The molecule has 0 saturated carbocycles. The van der Waals surface area contributed by atoms with Crippen LogP contribution in [0.5, 0.6) is 0 Å². The molecule has 7 nitrogen and oxygen atoms in total. The number of rotatable bonds is 5. The third kappa shape index (κ3) is 5.09. The SMILES string of the molecule is Cc1ccc(-c2nnc(Nc3cccc(C(F)(F)F)c3)c3ccccc23)cc1S(=O)(=O)N1CCN(C)CC1. The van der Waals surface area contributed by atoms with Gasteiger partial charge in [-0.2, -0.15) is 17.5 Å². The minimum absolute atomic E-state index is 0.219. The molecule has 0 unspecified atom stereocenters. The van der Waals surface area contributed by atoms with Crippen molar-refractivity contribution in [3.8, 4) is 11.3 Å². The Morgan fingerprint density at radius 3 is 2.29 bits per heavy atom. The Hall–Kier alpha value is -3.54. The molecule has 198 valence electrons. The van der Waals surface area contributed by atoms with Crippen LogP contribution in [-0.2, 0) is 16.2 Å². The zero-order chi connectivity index (χ0) is 27.1. The Morgan fingerprint density at radius 2 is 1.58 bits per heavy atom. The first kappa shape index (κ1) is 26.1. The highest BCUT2D eigenvalue weighted by Crippen LogP contribution is 2.35. The highest BCUT2D eigenvalue weighted by molar-refractivity contribution is 7.89. The number of aromatic nitrogens is 2. The van der Waals surface area contributed by atoms with Gasteiger partial charge in [0.2, 0.25) is 10.0 Å². The van der Waals surface area contributed by atoms with Crippen LogP contribution in [0.25, 0.3) is 22.0 Å². The van der Waals surface area contributed by atoms with Crippen molar-refractivity contribution >= 4 is 32.3 Å². The first-order valence-corrected chi connectivity index (χ1v) is 13.5. The zero-order valence-electron chi connectivity index (χ0n) is 20.8. The summed E-state index contributed by atoms with van der Waals surface area (Å²) in [5.41, 5.74) is 1.14. The Kier molecular flexibility index (Phi) is 6.84. The van der Waals surface area contributed by atoms with E-state index in [1.807, 2.05) is 19.2 Å². The lowest BCUT2D eigenvalue weighted by atomic mass is 10.0. The molecule has 11 heteroatoms. The van der Waals surface area contributed by atoms with E-state index >= 15 is 0 Å². The Labute approximate surface area is 219 Å². The molecule has 1 aliphatic heterocycles. The molecule has 2 heterocycles. The summed E-state index contributed by atoms with van der Waals surface area (Å²) in [5, 5.41) is 12.9. The lowest BCUT2D eigenvalue weighted by Gasteiger charge is -2.32. The van der Waals surface area contributed by atoms with Crippen LogP contribution in [0.4, 0.5) is 24.7 Å². The van der Waals surface area contributed by atoms with E-state index in [-0.39, 0.29) is 10.6 Å². The number of nitrogens with zero attached hydrogens (tertiary/aromatic N) is 4. The van der Waals surface area contributed by atoms with Crippen molar-refractivity contribution in [2.24, 2.45) is 0 Å². The number of nitrogens with one attached hydrogen (secondary N) is 1. The van der Waals surface area contributed by atoms with E-state index in [0.29, 0.717) is 59.6 Å². The van der Waals surface area contributed by atoms with Gasteiger partial charge in [0.05, 0.1) is 10.5 Å². The Morgan fingerprint density at radius 1 is 0.868 bits per heavy atom. The molecule has 3 aromatic carbocycles. The summed E-state index contributed by atoms with van der Waals surface area (Å²) in [6, 6.07) is 17.3. The van der Waals surface area contributed by atoms with E-state index in [0.717, 1.165) is 12.1 Å². The number of likely N-dealkylation sites (N-methyl/N-ethyl adjacent to an activating group) is 1. The second kappa shape index (κ2) is 9.97. The number of hydrogen-bond acceptors (Lipinski definition) is 6. The van der Waals surface area contributed by atoms with Crippen LogP contribution in [0, 0.1) is 6.92 Å². The Bertz CT molecular complexity index is 1600. The summed E-state index contributed by atoms with van der Waals surface area (Å²) in [6.07, 6.45) is -4.47. The van der Waals surface area contributed by atoms with Gasteiger partial charge in [0.25, 0.3) is 0 Å². The van der Waals surface area contributed by atoms with Crippen LogP contribution < -0.4 is 5.32 Å². The third-order valence-corrected chi connectivity index (χ3v) is 8.72. The lowest BCUT2D eigenvalue weighted by Crippen LogP contribution is -2.47. The fourth-order valence-electron chi connectivity index (χ4n) is 4.51. The van der Waals surface area contributed by atoms with E-state index < -0.39 is 21.8 Å². The molecule has 38 heavy (non-hydrogen) atoms. The van der Waals surface area contributed by atoms with Crippen LogP contribution in [0.15, 0.2) is 71.6 Å². The minimum Gasteiger partial charge on any atom is -0.338 e. The first-order chi connectivity index (χ1) is 18.0. The van der Waals surface area contributed by atoms with Gasteiger partial charge in [-0.15, -0.1) is 10.2 Å². The standard InChI is InChI=1S/C27H26F3N5O2S/c1-18-10-11-19(16-24(18)38(36,37)35-14-12-34(2)13-15-35)25-22-8-3-4-9-23(22)26(33-32-25)31-21-7-5-6-20(17-21)27(28,29)30/h3-11,16-17H,12-15H2,1-2H3,(H,31,33). The van der Waals surface area contributed by atoms with Gasteiger partial charge in [-0.05, 0) is 43.8 Å². The van der Waals surface area contributed by atoms with Crippen molar-refractivity contribution < 1.29 is 21.6 Å². The zero-order valence-corrected chi connectivity index (χ0v) is 21.6. The predicted octanol–water partition coefficient (Wildman–Crippen LogP) is 5.30. The average Bonchev–Trinajstić information content (AvgIpc) is 2.89. The molecule has 1 aromatic heterocycles. The van der Waals surface area contributed by atoms with Crippen molar-refractivity contribution in [2.45, 2.75) is 18.0 Å². The number of anilines is 2. The molecule has 0 radical (unpaired) electrons. The van der Waals surface area contributed by atoms with Gasteiger partial charge >= 0.3 is 6.18 Å². The van der Waals surface area contributed by atoms with Crippen molar-refractivity contribution in [3.05, 3.63) is 77.9 Å². The van der Waals surface area contributed by atoms with Gasteiger partial charge in [0.15, 0.2) is 5.82 Å². The summed E-state index contributed by atoms with van der Waals surface area (Å²) in [4.78, 5) is 2.31. The topological polar surface area (TPSA) is 78.4 Å². The molecule has 0 aliphatic carbocycles. The Balaban J connectivity index is 1.54. The highest BCUT2D eigenvalue weighted by Gasteiger charge is 2.31. The maximum absolute atomic E-state index is 13.5. The molecule has 0 atom stereocenters. The summed E-state index contributed by atoms with van der Waals surface area (Å²) in [7, 11) is -1.75. The van der Waals surface area contributed by atoms with E-state index in [1.165, 1.54) is 16.4 Å². The van der Waals surface area contributed by atoms with Crippen LogP contribution in [0.3, 0.4) is 0 Å². The number of sulfonamides is 1. The van der Waals surface area contributed by atoms with Gasteiger partial charge in [0, 0.05) is 48.2 Å². The summed E-state index contributed by atoms with van der Waals surface area (Å²) >= 11 is 0. The van der Waals surface area contributed by atoms with E-state index in [1.54, 1.807) is 37.3 Å². The van der Waals surface area contributed by atoms with Crippen molar-refractivity contribution in [3.63, 3.8) is 0 Å². The molecule has 1 N–H and O–H groups in total. The third-order valence-electron chi connectivity index (χ3n) is 6.68. The van der Waals surface area contributed by atoms with Gasteiger partial charge < -0.3 is 10.2 Å². The molecule has 1 saturated heterocycles. The van der Waals surface area contributed by atoms with Gasteiger partial charge in [-0.1, -0.05) is 42.5 Å². The number of aryl methyl sites for hydroxylation is 1. The number of benzene rings is 3. The van der Waals surface area contributed by atoms with Gasteiger partial charge in [-0.3, -0.25) is 0 Å². The molecule has 0 amide bonds. The highest BCUT2D eigenvalue weighted by atomic mass is 32.2. The largest absolute Gasteiger partial charge is 0.416 e. The van der Waals surface area contributed by atoms with E-state index in [9.17, 15) is 21.6 Å². The summed E-state index contributed by atoms with van der Waals surface area (Å²) in [6.45, 7) is 3.92. The van der Waals surface area contributed by atoms with Gasteiger partial charge in [0.1, 0.15) is 5.69 Å². The van der Waals surface area contributed by atoms with Crippen molar-refractivity contribution in [2.75, 3.05) is 38.5 Å². The van der Waals surface area contributed by atoms with Crippen LogP contribution in [0.1, 0.15) is 11.1 Å². The maximum atomic E-state index is 13.5. The molecule has 4 aromatic rings. The quantitative estimate of drug-likeness (QED) is 0.369. The number of fused-ring (bicyclic) bond motifs is 1. The second-order valence-electron chi connectivity index (χ2n) is 9.33. The van der Waals surface area contributed by atoms with Crippen molar-refractivity contribution in [1.29, 1.82) is 0 Å². The summed E-state index contributed by atoms with van der Waals surface area (Å²) < 4.78 is 68.0. The predicted molar refractivity (Wildman–Crippen MR) is 141 cm³/mol. The number of halogens is 3. The molecule has 0 spiro atoms. The van der Waals surface area contributed by atoms with Crippen molar-refractivity contribution in [1.82, 2.24) is 19.4 Å². The van der Waals surface area contributed by atoms with Crippen LogP contribution >= 0.6 is 0 Å². The number of alkyl halides is 3. The number of hydrogen-bond donors (Lipinski definition) is 1. The lowest BCUT2D eigenvalue weighted by molar-refractivity contribution is -0.137. The number of piperazine rings is 1. The molecule has 1 aliphatic rings. The van der Waals surface area contributed by atoms with Crippen LogP contribution in [-0.4, -0.2) is 61.0 Å². The fourth-order valence-corrected chi connectivity index (χ4v) is 6.19. The molecular weight excluding hydrogens is 515 g/mol. The fraction of sp³-hybridized carbons (Fsp3) is 0.259. The molecule has 0 bridgehead atoms. The normalized spacial score (nSPS) is 15.6. The second-order valence-corrected chi connectivity index (χ2v) is 11.2. The average molecular weight is 542 g/mol. The molecular formula is C27H26F3N5O2S. The van der Waals surface area contributed by atoms with E-state index in [4.69, 9.17) is 0 Å².